The number of nitrogens with zero attached hydrogens (tertiary/aromatic N) is 3. The topological polar surface area (TPSA) is 120 Å². The van der Waals surface area contributed by atoms with Crippen LogP contribution in [-0.2, 0) is 0 Å². The van der Waals surface area contributed by atoms with Gasteiger partial charge in [-0.1, -0.05) is 12.1 Å². The molecule has 4 rings (SSSR count). The Kier molecular flexibility index (Phi) is 3.24. The molecule has 0 saturated heterocycles. The van der Waals surface area contributed by atoms with E-state index in [4.69, 9.17) is 10.2 Å². The van der Waals surface area contributed by atoms with Gasteiger partial charge in [0.2, 0.25) is 0 Å². The van der Waals surface area contributed by atoms with Crippen molar-refractivity contribution in [3.05, 3.63) is 64.4 Å². The fraction of sp³-hybridized carbons (Fsp3) is 0.0588. The normalized spacial score (nSPS) is 11.1. The van der Waals surface area contributed by atoms with E-state index in [-0.39, 0.29) is 22.7 Å². The minimum absolute atomic E-state index is 0.0695. The summed E-state index contributed by atoms with van der Waals surface area (Å²) >= 11 is 0. The number of furan rings is 1. The van der Waals surface area contributed by atoms with Crippen molar-refractivity contribution in [3.8, 4) is 17.3 Å². The highest BCUT2D eigenvalue weighted by molar-refractivity contribution is 6.02. The van der Waals surface area contributed by atoms with Gasteiger partial charge in [0.25, 0.3) is 5.91 Å². The number of aromatic nitrogens is 4. The van der Waals surface area contributed by atoms with Gasteiger partial charge in [0.05, 0.1) is 12.0 Å². The second-order valence-corrected chi connectivity index (χ2v) is 5.54. The van der Waals surface area contributed by atoms with Gasteiger partial charge in [-0.25, -0.2) is 19.3 Å². The summed E-state index contributed by atoms with van der Waals surface area (Å²) in [6.07, 6.45) is 1.47. The third-order valence-electron chi connectivity index (χ3n) is 3.77. The Morgan fingerprint density at radius 2 is 2.08 bits per heavy atom. The maximum Gasteiger partial charge on any atom is 0.332 e. The predicted molar refractivity (Wildman–Crippen MR) is 90.4 cm³/mol. The molecular weight excluding hydrogens is 322 g/mol. The van der Waals surface area contributed by atoms with Crippen LogP contribution in [-0.4, -0.2) is 25.4 Å². The first-order chi connectivity index (χ1) is 12.0. The molecular formula is C17H13N5O3. The quantitative estimate of drug-likeness (QED) is 0.591. The lowest BCUT2D eigenvalue weighted by Gasteiger charge is -2.06. The number of nitrogens with one attached hydrogen (secondary N) is 1. The Morgan fingerprint density at radius 3 is 2.76 bits per heavy atom. The predicted octanol–water partition coefficient (Wildman–Crippen LogP) is 1.78. The van der Waals surface area contributed by atoms with E-state index in [2.05, 4.69) is 15.0 Å². The molecule has 124 valence electrons. The van der Waals surface area contributed by atoms with E-state index in [9.17, 15) is 9.59 Å². The molecule has 0 unspecified atom stereocenters. The van der Waals surface area contributed by atoms with Crippen molar-refractivity contribution in [2.24, 2.45) is 5.73 Å². The number of aromatic amines is 1. The highest BCUT2D eigenvalue weighted by Crippen LogP contribution is 2.22. The maximum absolute atomic E-state index is 12.5. The molecule has 4 aromatic rings. The summed E-state index contributed by atoms with van der Waals surface area (Å²) in [5.41, 5.74) is 6.97. The van der Waals surface area contributed by atoms with Crippen LogP contribution in [0.15, 0.2) is 51.9 Å². The molecule has 0 atom stereocenters. The molecule has 0 aliphatic rings. The highest BCUT2D eigenvalue weighted by atomic mass is 16.3. The number of H-pyrrole nitrogens is 1. The van der Waals surface area contributed by atoms with Gasteiger partial charge in [0.1, 0.15) is 5.52 Å². The number of primary amides is 1. The van der Waals surface area contributed by atoms with Gasteiger partial charge >= 0.3 is 5.69 Å². The number of carbonyl (C=O) groups is 1. The molecule has 0 aliphatic heterocycles. The van der Waals surface area contributed by atoms with Gasteiger partial charge in [0, 0.05) is 0 Å². The van der Waals surface area contributed by atoms with Gasteiger partial charge in [-0.2, -0.15) is 0 Å². The van der Waals surface area contributed by atoms with Crippen molar-refractivity contribution >= 4 is 17.1 Å². The van der Waals surface area contributed by atoms with Crippen LogP contribution in [0, 0.1) is 6.92 Å². The van der Waals surface area contributed by atoms with Crippen molar-refractivity contribution in [2.45, 2.75) is 6.92 Å². The number of benzene rings is 1. The number of aryl methyl sites for hydroxylation is 1. The molecule has 0 saturated carbocycles. The van der Waals surface area contributed by atoms with E-state index in [1.807, 2.05) is 25.1 Å². The number of nitrogens with two attached hydrogens (primary N) is 1. The van der Waals surface area contributed by atoms with Crippen LogP contribution in [0.1, 0.15) is 16.1 Å². The number of hydrogen-bond acceptors (Lipinski definition) is 5. The molecule has 1 amide bonds. The Labute approximate surface area is 140 Å². The monoisotopic (exact) mass is 335 g/mol. The Morgan fingerprint density at radius 1 is 1.24 bits per heavy atom. The summed E-state index contributed by atoms with van der Waals surface area (Å²) < 4.78 is 6.68. The molecule has 0 spiro atoms. The minimum atomic E-state index is -0.766. The van der Waals surface area contributed by atoms with E-state index in [1.54, 1.807) is 18.2 Å². The standard InChI is InChI=1S/C17H13N5O3/c1-9-4-2-5-10(8-9)22-16-13(20-17(22)24)12(14(18)23)19-15(21-16)11-6-3-7-25-11/h2-8H,1H3,(H2,18,23)(H,20,24). The van der Waals surface area contributed by atoms with Crippen LogP contribution >= 0.6 is 0 Å². The summed E-state index contributed by atoms with van der Waals surface area (Å²) in [7, 11) is 0. The van der Waals surface area contributed by atoms with Crippen molar-refractivity contribution in [1.29, 1.82) is 0 Å². The van der Waals surface area contributed by atoms with Gasteiger partial charge < -0.3 is 15.1 Å². The first kappa shape index (κ1) is 14.9. The average Bonchev–Trinajstić information content (AvgIpc) is 3.20. The largest absolute Gasteiger partial charge is 0.461 e. The first-order valence-electron chi connectivity index (χ1n) is 7.48. The van der Waals surface area contributed by atoms with Crippen molar-refractivity contribution < 1.29 is 9.21 Å². The molecule has 0 aliphatic carbocycles. The molecule has 0 bridgehead atoms. The maximum atomic E-state index is 12.5. The molecule has 0 fully saturated rings. The highest BCUT2D eigenvalue weighted by Gasteiger charge is 2.20. The molecule has 3 heterocycles. The van der Waals surface area contributed by atoms with E-state index in [0.717, 1.165) is 5.56 Å². The Bertz CT molecular complexity index is 1150. The zero-order chi connectivity index (χ0) is 17.6. The van der Waals surface area contributed by atoms with Gasteiger partial charge in [-0.15, -0.1) is 0 Å². The zero-order valence-electron chi connectivity index (χ0n) is 13.2. The van der Waals surface area contributed by atoms with Crippen molar-refractivity contribution in [1.82, 2.24) is 19.5 Å². The number of fused-ring (bicyclic) bond motifs is 1. The molecule has 25 heavy (non-hydrogen) atoms. The van der Waals surface area contributed by atoms with Gasteiger partial charge in [-0.3, -0.25) is 4.79 Å². The van der Waals surface area contributed by atoms with E-state index >= 15 is 0 Å². The molecule has 8 heteroatoms. The van der Waals surface area contributed by atoms with Crippen LogP contribution in [0.5, 0.6) is 0 Å². The number of amides is 1. The fourth-order valence-corrected chi connectivity index (χ4v) is 2.69. The van der Waals surface area contributed by atoms with Crippen LogP contribution < -0.4 is 11.4 Å². The van der Waals surface area contributed by atoms with Crippen LogP contribution in [0.3, 0.4) is 0 Å². The number of carbonyl (C=O) groups excluding carboxylic acids is 1. The average molecular weight is 335 g/mol. The smallest absolute Gasteiger partial charge is 0.332 e. The van der Waals surface area contributed by atoms with Gasteiger partial charge in [0.15, 0.2) is 22.9 Å². The number of hydrogen-bond donors (Lipinski definition) is 2. The molecule has 3 N–H and O–H groups in total. The van der Waals surface area contributed by atoms with Crippen LogP contribution in [0.25, 0.3) is 28.4 Å². The van der Waals surface area contributed by atoms with Crippen LogP contribution in [0.2, 0.25) is 0 Å². The number of imidazole rings is 1. The van der Waals surface area contributed by atoms with Crippen molar-refractivity contribution in [2.75, 3.05) is 0 Å². The van der Waals surface area contributed by atoms with Gasteiger partial charge in [-0.05, 0) is 36.8 Å². The first-order valence-corrected chi connectivity index (χ1v) is 7.48. The third kappa shape index (κ3) is 2.40. The summed E-state index contributed by atoms with van der Waals surface area (Å²) in [6, 6.07) is 10.7. The Hall–Kier alpha value is -3.68. The minimum Gasteiger partial charge on any atom is -0.461 e. The second kappa shape index (κ2) is 5.45. The molecule has 8 nitrogen and oxygen atoms in total. The summed E-state index contributed by atoms with van der Waals surface area (Å²) in [6.45, 7) is 1.92. The summed E-state index contributed by atoms with van der Waals surface area (Å²) in [5.74, 6) is -0.224. The lowest BCUT2D eigenvalue weighted by Crippen LogP contribution is -2.15. The van der Waals surface area contributed by atoms with E-state index in [1.165, 1.54) is 10.8 Å². The summed E-state index contributed by atoms with van der Waals surface area (Å²) in [5, 5.41) is 0. The second-order valence-electron chi connectivity index (χ2n) is 5.54. The van der Waals surface area contributed by atoms with E-state index < -0.39 is 11.6 Å². The third-order valence-corrected chi connectivity index (χ3v) is 3.77. The Balaban J connectivity index is 2.09. The summed E-state index contributed by atoms with van der Waals surface area (Å²) in [4.78, 5) is 35.5. The zero-order valence-corrected chi connectivity index (χ0v) is 13.2. The van der Waals surface area contributed by atoms with Crippen LogP contribution in [0.4, 0.5) is 0 Å². The lowest BCUT2D eigenvalue weighted by molar-refractivity contribution is 0.0997. The molecule has 3 aromatic heterocycles. The number of rotatable bonds is 3. The molecule has 0 radical (unpaired) electrons. The fourth-order valence-electron chi connectivity index (χ4n) is 2.69. The SMILES string of the molecule is Cc1cccc(-n2c(=O)[nH]c3c(C(N)=O)nc(-c4ccco4)nc32)c1. The van der Waals surface area contributed by atoms with Crippen molar-refractivity contribution in [3.63, 3.8) is 0 Å². The van der Waals surface area contributed by atoms with E-state index in [0.29, 0.717) is 11.4 Å². The molecule has 1 aromatic carbocycles. The lowest BCUT2D eigenvalue weighted by atomic mass is 10.2.